The molecule has 0 atom stereocenters. The minimum atomic E-state index is -1.21. The summed E-state index contributed by atoms with van der Waals surface area (Å²) in [5, 5.41) is 1.49. The number of anilines is 1. The predicted octanol–water partition coefficient (Wildman–Crippen LogP) is 0.547. The van der Waals surface area contributed by atoms with Crippen LogP contribution < -0.4 is 16.6 Å². The van der Waals surface area contributed by atoms with Crippen molar-refractivity contribution in [1.82, 2.24) is 5.43 Å². The third kappa shape index (κ3) is 2.65. The molecule has 0 radical (unpaired) electrons. The monoisotopic (exact) mass is 249 g/mol. The molecule has 1 aromatic carbocycles. The topological polar surface area (TPSA) is 84.2 Å². The standard InChI is InChI=1S/C8H6ClF2N3O2/c9-4-1-3(10)2-5(11)6(4)13-7(15)8(16)14-12/h1-2H,12H2,(H,13,15)(H,14,16). The van der Waals surface area contributed by atoms with E-state index in [1.54, 1.807) is 5.43 Å². The summed E-state index contributed by atoms with van der Waals surface area (Å²) < 4.78 is 25.8. The first kappa shape index (κ1) is 12.3. The smallest absolute Gasteiger partial charge is 0.314 e. The van der Waals surface area contributed by atoms with Gasteiger partial charge < -0.3 is 5.32 Å². The molecule has 4 N–H and O–H groups in total. The Morgan fingerprint density at radius 1 is 1.25 bits per heavy atom. The largest absolute Gasteiger partial charge is 0.323 e. The van der Waals surface area contributed by atoms with Gasteiger partial charge in [-0.2, -0.15) is 0 Å². The van der Waals surface area contributed by atoms with Gasteiger partial charge in [-0.1, -0.05) is 11.6 Å². The predicted molar refractivity (Wildman–Crippen MR) is 52.3 cm³/mol. The van der Waals surface area contributed by atoms with Gasteiger partial charge in [0.15, 0.2) is 5.82 Å². The van der Waals surface area contributed by atoms with E-state index < -0.39 is 29.1 Å². The maximum Gasteiger partial charge on any atom is 0.323 e. The fourth-order valence-electron chi connectivity index (χ4n) is 0.897. The van der Waals surface area contributed by atoms with Gasteiger partial charge in [0.2, 0.25) is 0 Å². The maximum atomic E-state index is 13.1. The van der Waals surface area contributed by atoms with Gasteiger partial charge >= 0.3 is 11.8 Å². The molecule has 0 fully saturated rings. The second-order valence-electron chi connectivity index (χ2n) is 2.67. The Hall–Kier alpha value is -1.73. The molecular formula is C8H6ClF2N3O2. The number of amides is 2. The van der Waals surface area contributed by atoms with Crippen LogP contribution in [0.4, 0.5) is 14.5 Å². The zero-order valence-electron chi connectivity index (χ0n) is 7.68. The number of carbonyl (C=O) groups excluding carboxylic acids is 2. The summed E-state index contributed by atoms with van der Waals surface area (Å²) in [5.41, 5.74) is 1.06. The molecule has 0 saturated heterocycles. The summed E-state index contributed by atoms with van der Waals surface area (Å²) >= 11 is 5.47. The highest BCUT2D eigenvalue weighted by Gasteiger charge is 2.17. The van der Waals surface area contributed by atoms with Crippen LogP contribution in [0, 0.1) is 11.6 Å². The molecule has 2 amide bonds. The Kier molecular flexibility index (Phi) is 3.75. The lowest BCUT2D eigenvalue weighted by Gasteiger charge is -2.07. The molecule has 86 valence electrons. The molecule has 0 aromatic heterocycles. The van der Waals surface area contributed by atoms with Crippen LogP contribution in [0.2, 0.25) is 5.02 Å². The van der Waals surface area contributed by atoms with Crippen molar-refractivity contribution in [2.24, 2.45) is 5.84 Å². The van der Waals surface area contributed by atoms with Gasteiger partial charge in [0.25, 0.3) is 0 Å². The van der Waals surface area contributed by atoms with Gasteiger partial charge in [0, 0.05) is 6.07 Å². The summed E-state index contributed by atoms with van der Waals surface area (Å²) in [6, 6.07) is 1.31. The van der Waals surface area contributed by atoms with Crippen LogP contribution in [-0.2, 0) is 9.59 Å². The number of rotatable bonds is 1. The van der Waals surface area contributed by atoms with E-state index in [2.05, 4.69) is 5.84 Å². The molecule has 1 aromatic rings. The lowest BCUT2D eigenvalue weighted by molar-refractivity contribution is -0.136. The van der Waals surface area contributed by atoms with Crippen molar-refractivity contribution in [3.8, 4) is 0 Å². The molecule has 0 aliphatic carbocycles. The number of hydrazine groups is 1. The highest BCUT2D eigenvalue weighted by atomic mass is 35.5. The Bertz CT molecular complexity index is 430. The average Bonchev–Trinajstić information content (AvgIpc) is 2.21. The summed E-state index contributed by atoms with van der Waals surface area (Å²) in [6.07, 6.45) is 0. The molecule has 0 aliphatic heterocycles. The minimum Gasteiger partial charge on any atom is -0.314 e. The molecule has 5 nitrogen and oxygen atoms in total. The lowest BCUT2D eigenvalue weighted by Crippen LogP contribution is -2.39. The highest BCUT2D eigenvalue weighted by Crippen LogP contribution is 2.26. The van der Waals surface area contributed by atoms with E-state index >= 15 is 0 Å². The van der Waals surface area contributed by atoms with Gasteiger partial charge in [-0.25, -0.2) is 14.6 Å². The van der Waals surface area contributed by atoms with E-state index in [1.165, 1.54) is 0 Å². The van der Waals surface area contributed by atoms with Crippen molar-refractivity contribution in [2.75, 3.05) is 5.32 Å². The summed E-state index contributed by atoms with van der Waals surface area (Å²) in [4.78, 5) is 21.7. The number of carbonyl (C=O) groups is 2. The van der Waals surface area contributed by atoms with Crippen LogP contribution in [0.3, 0.4) is 0 Å². The van der Waals surface area contributed by atoms with Gasteiger partial charge in [0.05, 0.1) is 10.7 Å². The molecule has 0 aliphatic rings. The third-order valence-corrected chi connectivity index (χ3v) is 1.88. The zero-order chi connectivity index (χ0) is 12.3. The maximum absolute atomic E-state index is 13.1. The summed E-state index contributed by atoms with van der Waals surface area (Å²) in [5.74, 6) is 0.292. The Morgan fingerprint density at radius 2 is 1.88 bits per heavy atom. The van der Waals surface area contributed by atoms with Crippen molar-refractivity contribution in [3.05, 3.63) is 28.8 Å². The van der Waals surface area contributed by atoms with Crippen LogP contribution in [0.15, 0.2) is 12.1 Å². The van der Waals surface area contributed by atoms with E-state index in [1.807, 2.05) is 5.32 Å². The van der Waals surface area contributed by atoms with E-state index in [-0.39, 0.29) is 5.02 Å². The van der Waals surface area contributed by atoms with Gasteiger partial charge in [-0.05, 0) is 6.07 Å². The van der Waals surface area contributed by atoms with E-state index in [4.69, 9.17) is 11.6 Å². The number of nitrogens with one attached hydrogen (secondary N) is 2. The normalized spacial score (nSPS) is 9.75. The Labute approximate surface area is 93.5 Å². The van der Waals surface area contributed by atoms with Gasteiger partial charge in [-0.15, -0.1) is 0 Å². The molecule has 0 saturated carbocycles. The fraction of sp³-hybridized carbons (Fsp3) is 0. The van der Waals surface area contributed by atoms with Crippen molar-refractivity contribution >= 4 is 29.1 Å². The first-order valence-electron chi connectivity index (χ1n) is 3.92. The molecule has 0 bridgehead atoms. The molecule has 0 heterocycles. The number of hydrogen-bond acceptors (Lipinski definition) is 3. The molecule has 1 rings (SSSR count). The van der Waals surface area contributed by atoms with E-state index in [9.17, 15) is 18.4 Å². The van der Waals surface area contributed by atoms with E-state index in [0.717, 1.165) is 6.07 Å². The minimum absolute atomic E-state index is 0.365. The third-order valence-electron chi connectivity index (χ3n) is 1.58. The second-order valence-corrected chi connectivity index (χ2v) is 3.08. The fourth-order valence-corrected chi connectivity index (χ4v) is 1.14. The van der Waals surface area contributed by atoms with Gasteiger partial charge in [0.1, 0.15) is 5.82 Å². The molecule has 16 heavy (non-hydrogen) atoms. The molecule has 8 heteroatoms. The Balaban J connectivity index is 2.98. The van der Waals surface area contributed by atoms with Crippen LogP contribution in [0.25, 0.3) is 0 Å². The van der Waals surface area contributed by atoms with Crippen LogP contribution >= 0.6 is 11.6 Å². The Morgan fingerprint density at radius 3 is 2.38 bits per heavy atom. The second kappa shape index (κ2) is 4.86. The number of benzene rings is 1. The van der Waals surface area contributed by atoms with Gasteiger partial charge in [-0.3, -0.25) is 15.0 Å². The number of hydrogen-bond donors (Lipinski definition) is 3. The first-order chi connectivity index (χ1) is 7.45. The quantitative estimate of drug-likeness (QED) is 0.294. The van der Waals surface area contributed by atoms with Crippen LogP contribution in [0.1, 0.15) is 0 Å². The number of nitrogens with two attached hydrogens (primary N) is 1. The highest BCUT2D eigenvalue weighted by molar-refractivity contribution is 6.41. The zero-order valence-corrected chi connectivity index (χ0v) is 8.44. The van der Waals surface area contributed by atoms with Crippen LogP contribution in [-0.4, -0.2) is 11.8 Å². The summed E-state index contributed by atoms with van der Waals surface area (Å²) in [7, 11) is 0. The van der Waals surface area contributed by atoms with Crippen molar-refractivity contribution in [3.63, 3.8) is 0 Å². The molecule has 0 spiro atoms. The SMILES string of the molecule is NNC(=O)C(=O)Nc1c(F)cc(F)cc1Cl. The summed E-state index contributed by atoms with van der Waals surface area (Å²) in [6.45, 7) is 0. The van der Waals surface area contributed by atoms with Crippen molar-refractivity contribution in [1.29, 1.82) is 0 Å². The van der Waals surface area contributed by atoms with Crippen molar-refractivity contribution < 1.29 is 18.4 Å². The molecule has 0 unspecified atom stereocenters. The number of halogens is 3. The lowest BCUT2D eigenvalue weighted by atomic mass is 10.3. The molecular weight excluding hydrogens is 244 g/mol. The van der Waals surface area contributed by atoms with E-state index in [0.29, 0.717) is 6.07 Å². The first-order valence-corrected chi connectivity index (χ1v) is 4.30. The van der Waals surface area contributed by atoms with Crippen LogP contribution in [0.5, 0.6) is 0 Å². The average molecular weight is 250 g/mol. The van der Waals surface area contributed by atoms with Crippen molar-refractivity contribution in [2.45, 2.75) is 0 Å².